The number of piperidine rings is 1. The van der Waals surface area contributed by atoms with Crippen LogP contribution in [0.1, 0.15) is 22.5 Å². The monoisotopic (exact) mass is 577 g/mol. The van der Waals surface area contributed by atoms with E-state index in [0.29, 0.717) is 46.7 Å². The Morgan fingerprint density at radius 1 is 1.03 bits per heavy atom. The Bertz CT molecular complexity index is 1340. The fraction of sp³-hybridized carbons (Fsp3) is 0.269. The number of hydrogen-bond acceptors (Lipinski definition) is 6. The third-order valence-corrected chi connectivity index (χ3v) is 7.96. The third kappa shape index (κ3) is 6.89. The molecule has 1 saturated heterocycles. The summed E-state index contributed by atoms with van der Waals surface area (Å²) in [6.07, 6.45) is 1.69. The number of aliphatic carboxylic acids is 1. The molecule has 3 aromatic rings. The molecular weight excluding hydrogens is 553 g/mol. The summed E-state index contributed by atoms with van der Waals surface area (Å²) in [5, 5.41) is 25.3. The number of anilines is 2. The maximum atomic E-state index is 12.6. The van der Waals surface area contributed by atoms with Crippen molar-refractivity contribution < 1.29 is 29.3 Å². The molecule has 1 aliphatic rings. The Hall–Kier alpha value is -3.47. The van der Waals surface area contributed by atoms with Crippen LogP contribution < -0.4 is 15.4 Å². The Labute approximate surface area is 232 Å². The van der Waals surface area contributed by atoms with Crippen LogP contribution in [0.25, 0.3) is 10.4 Å². The first-order valence-corrected chi connectivity index (χ1v) is 13.3. The van der Waals surface area contributed by atoms with Gasteiger partial charge in [-0.2, -0.15) is 0 Å². The number of amides is 2. The van der Waals surface area contributed by atoms with E-state index in [1.807, 2.05) is 18.2 Å². The Balaban J connectivity index is 1.34. The first kappa shape index (κ1) is 27.6. The minimum absolute atomic E-state index is 0.0641. The summed E-state index contributed by atoms with van der Waals surface area (Å²) in [4.78, 5) is 37.2. The Morgan fingerprint density at radius 3 is 2.42 bits per heavy atom. The van der Waals surface area contributed by atoms with E-state index in [2.05, 4.69) is 10.6 Å². The zero-order valence-electron chi connectivity index (χ0n) is 20.1. The molecule has 2 heterocycles. The number of likely N-dealkylation sites (tertiary alicyclic amines) is 1. The van der Waals surface area contributed by atoms with E-state index in [0.717, 1.165) is 29.9 Å². The van der Waals surface area contributed by atoms with Crippen LogP contribution in [0, 0.1) is 5.92 Å². The van der Waals surface area contributed by atoms with E-state index in [-0.39, 0.29) is 21.7 Å². The zero-order chi connectivity index (χ0) is 27.2. The highest BCUT2D eigenvalue weighted by atomic mass is 35.5. The lowest BCUT2D eigenvalue weighted by Crippen LogP contribution is -2.42. The summed E-state index contributed by atoms with van der Waals surface area (Å²) in [7, 11) is 0. The van der Waals surface area contributed by atoms with E-state index in [1.54, 1.807) is 35.2 Å². The zero-order valence-corrected chi connectivity index (χ0v) is 22.4. The summed E-state index contributed by atoms with van der Waals surface area (Å²) in [6.45, 7) is 1.29. The molecule has 1 aromatic heterocycles. The highest BCUT2D eigenvalue weighted by Gasteiger charge is 2.25. The number of thiophene rings is 1. The summed E-state index contributed by atoms with van der Waals surface area (Å²) >= 11 is 13.3. The van der Waals surface area contributed by atoms with Crippen molar-refractivity contribution in [3.63, 3.8) is 0 Å². The lowest BCUT2D eigenvalue weighted by atomic mass is 9.97. The molecule has 0 unspecified atom stereocenters. The van der Waals surface area contributed by atoms with Gasteiger partial charge in [0.05, 0.1) is 4.88 Å². The number of urea groups is 1. The van der Waals surface area contributed by atoms with Gasteiger partial charge >= 0.3 is 18.0 Å². The SMILES string of the molecule is O=C(O)COc1c(C(=O)O)sc(-c2cccc(NCC3CCN(C(=O)Nc4cccc(Cl)c4)CC3)c2)c1Cl. The molecule has 0 bridgehead atoms. The van der Waals surface area contributed by atoms with Gasteiger partial charge in [0.15, 0.2) is 17.2 Å². The number of benzene rings is 2. The average Bonchev–Trinajstić information content (AvgIpc) is 3.23. The van der Waals surface area contributed by atoms with E-state index in [9.17, 15) is 19.5 Å². The quantitative estimate of drug-likeness (QED) is 0.237. The predicted octanol–water partition coefficient (Wildman–Crippen LogP) is 6.24. The number of halogens is 2. The van der Waals surface area contributed by atoms with Crippen molar-refractivity contribution in [1.29, 1.82) is 0 Å². The number of carbonyl (C=O) groups excluding carboxylic acids is 1. The summed E-state index contributed by atoms with van der Waals surface area (Å²) < 4.78 is 5.16. The van der Waals surface area contributed by atoms with E-state index in [4.69, 9.17) is 33.0 Å². The highest BCUT2D eigenvalue weighted by molar-refractivity contribution is 7.18. The van der Waals surface area contributed by atoms with Gasteiger partial charge in [0, 0.05) is 36.0 Å². The summed E-state index contributed by atoms with van der Waals surface area (Å²) in [5.74, 6) is -2.26. The van der Waals surface area contributed by atoms with Gasteiger partial charge in [-0.3, -0.25) is 0 Å². The third-order valence-electron chi connectivity index (χ3n) is 6.04. The fourth-order valence-electron chi connectivity index (χ4n) is 4.13. The van der Waals surface area contributed by atoms with Gasteiger partial charge in [-0.15, -0.1) is 11.3 Å². The smallest absolute Gasteiger partial charge is 0.349 e. The number of hydrogen-bond donors (Lipinski definition) is 4. The van der Waals surface area contributed by atoms with Gasteiger partial charge in [0.25, 0.3) is 0 Å². The second kappa shape index (κ2) is 12.4. The lowest BCUT2D eigenvalue weighted by molar-refractivity contribution is -0.139. The number of carboxylic acids is 2. The van der Waals surface area contributed by atoms with Crippen LogP contribution in [0.3, 0.4) is 0 Å². The number of aromatic carboxylic acids is 1. The molecule has 9 nitrogen and oxygen atoms in total. The maximum absolute atomic E-state index is 12.6. The maximum Gasteiger partial charge on any atom is 0.349 e. The van der Waals surface area contributed by atoms with E-state index in [1.165, 1.54) is 0 Å². The second-order valence-electron chi connectivity index (χ2n) is 8.72. The molecule has 200 valence electrons. The van der Waals surface area contributed by atoms with Crippen LogP contribution in [0.5, 0.6) is 5.75 Å². The van der Waals surface area contributed by atoms with Gasteiger partial charge in [-0.05, 0) is 54.7 Å². The van der Waals surface area contributed by atoms with Crippen molar-refractivity contribution in [3.05, 3.63) is 63.5 Å². The minimum Gasteiger partial charge on any atom is -0.479 e. The highest BCUT2D eigenvalue weighted by Crippen LogP contribution is 2.45. The van der Waals surface area contributed by atoms with E-state index >= 15 is 0 Å². The largest absolute Gasteiger partial charge is 0.479 e. The molecule has 1 aliphatic heterocycles. The van der Waals surface area contributed by atoms with E-state index < -0.39 is 18.5 Å². The topological polar surface area (TPSA) is 128 Å². The lowest BCUT2D eigenvalue weighted by Gasteiger charge is -2.32. The van der Waals surface area contributed by atoms with Gasteiger partial charge in [-0.25, -0.2) is 14.4 Å². The van der Waals surface area contributed by atoms with Gasteiger partial charge < -0.3 is 30.5 Å². The average molecular weight is 578 g/mol. The normalized spacial score (nSPS) is 13.7. The number of nitrogens with one attached hydrogen (secondary N) is 2. The molecule has 12 heteroatoms. The fourth-order valence-corrected chi connectivity index (χ4v) is 5.72. The molecule has 4 rings (SSSR count). The van der Waals surface area contributed by atoms with Crippen molar-refractivity contribution >= 4 is 63.9 Å². The molecule has 0 atom stereocenters. The molecule has 38 heavy (non-hydrogen) atoms. The molecule has 2 aromatic carbocycles. The first-order chi connectivity index (χ1) is 18.2. The van der Waals surface area contributed by atoms with Gasteiger partial charge in [0.1, 0.15) is 5.02 Å². The number of rotatable bonds is 9. The van der Waals surface area contributed by atoms with Crippen LogP contribution in [-0.4, -0.2) is 59.3 Å². The number of nitrogens with zero attached hydrogens (tertiary/aromatic N) is 1. The van der Waals surface area contributed by atoms with Crippen LogP contribution >= 0.6 is 34.5 Å². The summed E-state index contributed by atoms with van der Waals surface area (Å²) in [5.41, 5.74) is 2.18. The number of carbonyl (C=O) groups is 3. The van der Waals surface area contributed by atoms with Gasteiger partial charge in [0.2, 0.25) is 0 Å². The summed E-state index contributed by atoms with van der Waals surface area (Å²) in [6, 6.07) is 14.3. The number of ether oxygens (including phenoxy) is 1. The van der Waals surface area contributed by atoms with Crippen molar-refractivity contribution in [1.82, 2.24) is 4.90 Å². The second-order valence-corrected chi connectivity index (χ2v) is 10.6. The van der Waals surface area contributed by atoms with Crippen LogP contribution in [0.2, 0.25) is 10.0 Å². The standard InChI is InChI=1S/C26H25Cl2N3O6S/c27-17-4-2-6-19(12-17)30-26(36)31-9-7-15(8-10-31)13-29-18-5-1-3-16(11-18)23-21(28)22(37-14-20(32)33)24(38-23)25(34)35/h1-6,11-12,15,29H,7-10,13-14H2,(H,30,36)(H,32,33)(H,34,35). The molecule has 4 N–H and O–H groups in total. The Morgan fingerprint density at radius 2 is 1.74 bits per heavy atom. The van der Waals surface area contributed by atoms with Crippen molar-refractivity contribution in [3.8, 4) is 16.2 Å². The van der Waals surface area contributed by atoms with Crippen molar-refractivity contribution in [2.75, 3.05) is 36.9 Å². The molecule has 0 saturated carbocycles. The van der Waals surface area contributed by atoms with Gasteiger partial charge in [-0.1, -0.05) is 41.4 Å². The molecule has 2 amide bonds. The Kier molecular flexibility index (Phi) is 8.98. The molecule has 0 radical (unpaired) electrons. The number of carboxylic acid groups (broad SMARTS) is 2. The minimum atomic E-state index is -1.24. The molecule has 0 aliphatic carbocycles. The molecule has 0 spiro atoms. The van der Waals surface area contributed by atoms with Crippen LogP contribution in [0.4, 0.5) is 16.2 Å². The molecular formula is C26H25Cl2N3O6S. The first-order valence-electron chi connectivity index (χ1n) is 11.8. The molecule has 1 fully saturated rings. The van der Waals surface area contributed by atoms with Crippen LogP contribution in [-0.2, 0) is 4.79 Å². The predicted molar refractivity (Wildman–Crippen MR) is 148 cm³/mol. The van der Waals surface area contributed by atoms with Crippen molar-refractivity contribution in [2.24, 2.45) is 5.92 Å². The van der Waals surface area contributed by atoms with Crippen molar-refractivity contribution in [2.45, 2.75) is 12.8 Å². The van der Waals surface area contributed by atoms with Crippen LogP contribution in [0.15, 0.2) is 48.5 Å².